The highest BCUT2D eigenvalue weighted by atomic mass is 16.4. The van der Waals surface area contributed by atoms with Crippen molar-refractivity contribution < 1.29 is 9.90 Å². The molecule has 1 aromatic carbocycles. The fraction of sp³-hybridized carbons (Fsp3) is 0.400. The van der Waals surface area contributed by atoms with Crippen LogP contribution in [0.15, 0.2) is 36.7 Å². The molecule has 0 bridgehead atoms. The zero-order chi connectivity index (χ0) is 13.0. The van der Waals surface area contributed by atoms with Gasteiger partial charge in [0.1, 0.15) is 0 Å². The van der Waals surface area contributed by atoms with Crippen molar-refractivity contribution in [2.45, 2.75) is 38.6 Å². The lowest BCUT2D eigenvalue weighted by atomic mass is 10.1. The highest BCUT2D eigenvalue weighted by Crippen LogP contribution is 2.24. The second-order valence-corrected chi connectivity index (χ2v) is 4.68. The topological polar surface area (TPSA) is 42.2 Å². The molecule has 1 unspecified atom stereocenters. The SMILES string of the molecule is CCC(CCCC(=O)O)n1cc2ccccc2c1. The number of aliphatic carboxylic acids is 1. The number of nitrogens with zero attached hydrogens (tertiary/aromatic N) is 1. The Balaban J connectivity index is 2.09. The van der Waals surface area contributed by atoms with E-state index >= 15 is 0 Å². The molecule has 0 spiro atoms. The largest absolute Gasteiger partial charge is 0.481 e. The van der Waals surface area contributed by atoms with Crippen molar-refractivity contribution in [3.63, 3.8) is 0 Å². The van der Waals surface area contributed by atoms with E-state index in [0.717, 1.165) is 19.3 Å². The Kier molecular flexibility index (Phi) is 4.03. The molecular weight excluding hydrogens is 226 g/mol. The van der Waals surface area contributed by atoms with Crippen LogP contribution in [0.25, 0.3) is 10.8 Å². The Bertz CT molecular complexity index is 497. The summed E-state index contributed by atoms with van der Waals surface area (Å²) in [6.07, 6.45) is 7.26. The van der Waals surface area contributed by atoms with Crippen LogP contribution in [-0.4, -0.2) is 15.6 Å². The quantitative estimate of drug-likeness (QED) is 0.840. The standard InChI is InChI=1S/C15H19NO2/c1-2-14(8-5-9-15(17)18)16-10-12-6-3-4-7-13(12)11-16/h3-4,6-7,10-11,14H,2,5,8-9H2,1H3,(H,17,18). The molecule has 18 heavy (non-hydrogen) atoms. The lowest BCUT2D eigenvalue weighted by Crippen LogP contribution is -2.06. The predicted molar refractivity (Wildman–Crippen MR) is 72.8 cm³/mol. The van der Waals surface area contributed by atoms with E-state index in [1.807, 2.05) is 12.1 Å². The van der Waals surface area contributed by atoms with E-state index in [2.05, 4.69) is 36.0 Å². The first kappa shape index (κ1) is 12.7. The predicted octanol–water partition coefficient (Wildman–Crippen LogP) is 3.85. The molecule has 3 heteroatoms. The first-order chi connectivity index (χ1) is 8.70. The molecule has 1 N–H and O–H groups in total. The minimum absolute atomic E-state index is 0.261. The summed E-state index contributed by atoms with van der Waals surface area (Å²) in [5, 5.41) is 11.2. The third-order valence-corrected chi connectivity index (χ3v) is 3.39. The van der Waals surface area contributed by atoms with E-state index in [-0.39, 0.29) is 6.42 Å². The molecule has 3 nitrogen and oxygen atoms in total. The summed E-state index contributed by atoms with van der Waals surface area (Å²) in [4.78, 5) is 10.5. The molecule has 0 fully saturated rings. The van der Waals surface area contributed by atoms with Crippen molar-refractivity contribution in [3.8, 4) is 0 Å². The van der Waals surface area contributed by atoms with E-state index in [1.54, 1.807) is 0 Å². The van der Waals surface area contributed by atoms with Crippen LogP contribution in [-0.2, 0) is 4.79 Å². The van der Waals surface area contributed by atoms with Gasteiger partial charge in [0.25, 0.3) is 0 Å². The molecule has 0 aliphatic rings. The summed E-state index contributed by atoms with van der Waals surface area (Å²) >= 11 is 0. The van der Waals surface area contributed by atoms with E-state index in [4.69, 9.17) is 5.11 Å². The third kappa shape index (κ3) is 2.92. The molecule has 0 saturated carbocycles. The average Bonchev–Trinajstić information content (AvgIpc) is 2.77. The number of carbonyl (C=O) groups is 1. The van der Waals surface area contributed by atoms with E-state index in [0.29, 0.717) is 6.04 Å². The van der Waals surface area contributed by atoms with E-state index < -0.39 is 5.97 Å². The van der Waals surface area contributed by atoms with Gasteiger partial charge in [-0.2, -0.15) is 0 Å². The second kappa shape index (κ2) is 5.71. The molecule has 1 atom stereocenters. The van der Waals surface area contributed by atoms with E-state index in [9.17, 15) is 4.79 Å². The number of fused-ring (bicyclic) bond motifs is 1. The number of carboxylic acid groups (broad SMARTS) is 1. The van der Waals surface area contributed by atoms with Gasteiger partial charge in [-0.3, -0.25) is 4.79 Å². The number of hydrogen-bond acceptors (Lipinski definition) is 1. The van der Waals surface area contributed by atoms with Gasteiger partial charge >= 0.3 is 5.97 Å². The van der Waals surface area contributed by atoms with Crippen LogP contribution in [0.1, 0.15) is 38.6 Å². The summed E-state index contributed by atoms with van der Waals surface area (Å²) in [6, 6.07) is 8.69. The summed E-state index contributed by atoms with van der Waals surface area (Å²) in [5.41, 5.74) is 0. The minimum Gasteiger partial charge on any atom is -0.481 e. The zero-order valence-electron chi connectivity index (χ0n) is 10.7. The molecule has 2 rings (SSSR count). The molecule has 0 radical (unpaired) electrons. The van der Waals surface area contributed by atoms with Gasteiger partial charge in [-0.1, -0.05) is 31.2 Å². The lowest BCUT2D eigenvalue weighted by molar-refractivity contribution is -0.137. The molecule has 2 aromatic rings. The number of aromatic nitrogens is 1. The molecule has 0 amide bonds. The lowest BCUT2D eigenvalue weighted by Gasteiger charge is -2.16. The minimum atomic E-state index is -0.706. The maximum atomic E-state index is 10.5. The fourth-order valence-corrected chi connectivity index (χ4v) is 2.37. The Morgan fingerprint density at radius 3 is 2.39 bits per heavy atom. The van der Waals surface area contributed by atoms with Crippen LogP contribution in [0.5, 0.6) is 0 Å². The fourth-order valence-electron chi connectivity index (χ4n) is 2.37. The maximum Gasteiger partial charge on any atom is 0.303 e. The van der Waals surface area contributed by atoms with Crippen LogP contribution >= 0.6 is 0 Å². The van der Waals surface area contributed by atoms with Crippen molar-refractivity contribution in [2.75, 3.05) is 0 Å². The molecule has 0 saturated heterocycles. The Hall–Kier alpha value is -1.77. The smallest absolute Gasteiger partial charge is 0.303 e. The van der Waals surface area contributed by atoms with Crippen LogP contribution in [0.3, 0.4) is 0 Å². The normalized spacial score (nSPS) is 12.7. The van der Waals surface area contributed by atoms with Gasteiger partial charge < -0.3 is 9.67 Å². The Labute approximate surface area is 107 Å². The number of rotatable bonds is 6. The van der Waals surface area contributed by atoms with Crippen molar-refractivity contribution in [2.24, 2.45) is 0 Å². The van der Waals surface area contributed by atoms with Gasteiger partial charge in [0.2, 0.25) is 0 Å². The van der Waals surface area contributed by atoms with Crippen molar-refractivity contribution in [1.29, 1.82) is 0 Å². The van der Waals surface area contributed by atoms with Gasteiger partial charge in [-0.05, 0) is 30.0 Å². The van der Waals surface area contributed by atoms with Gasteiger partial charge in [0.15, 0.2) is 0 Å². The van der Waals surface area contributed by atoms with Crippen LogP contribution in [0.4, 0.5) is 0 Å². The number of hydrogen-bond donors (Lipinski definition) is 1. The molecule has 1 aromatic heterocycles. The van der Waals surface area contributed by atoms with Crippen LogP contribution < -0.4 is 0 Å². The molecule has 0 aliphatic heterocycles. The first-order valence-electron chi connectivity index (χ1n) is 6.48. The van der Waals surface area contributed by atoms with Crippen LogP contribution in [0, 0.1) is 0 Å². The first-order valence-corrected chi connectivity index (χ1v) is 6.48. The second-order valence-electron chi connectivity index (χ2n) is 4.68. The third-order valence-electron chi connectivity index (χ3n) is 3.39. The summed E-state index contributed by atoms with van der Waals surface area (Å²) in [7, 11) is 0. The van der Waals surface area contributed by atoms with Gasteiger partial charge in [-0.25, -0.2) is 0 Å². The summed E-state index contributed by atoms with van der Waals surface area (Å²) < 4.78 is 2.23. The molecular formula is C15H19NO2. The number of carboxylic acids is 1. The monoisotopic (exact) mass is 245 g/mol. The van der Waals surface area contributed by atoms with Gasteiger partial charge in [0, 0.05) is 24.9 Å². The maximum absolute atomic E-state index is 10.5. The summed E-state index contributed by atoms with van der Waals surface area (Å²) in [6.45, 7) is 2.15. The summed E-state index contributed by atoms with van der Waals surface area (Å²) in [5.74, 6) is -0.706. The molecule has 0 aliphatic carbocycles. The van der Waals surface area contributed by atoms with E-state index in [1.165, 1.54) is 10.8 Å². The Morgan fingerprint density at radius 2 is 1.89 bits per heavy atom. The van der Waals surface area contributed by atoms with Crippen molar-refractivity contribution >= 4 is 16.7 Å². The highest BCUT2D eigenvalue weighted by molar-refractivity contribution is 5.82. The highest BCUT2D eigenvalue weighted by Gasteiger charge is 2.10. The van der Waals surface area contributed by atoms with Crippen molar-refractivity contribution in [1.82, 2.24) is 4.57 Å². The van der Waals surface area contributed by atoms with Crippen molar-refractivity contribution in [3.05, 3.63) is 36.7 Å². The van der Waals surface area contributed by atoms with Crippen LogP contribution in [0.2, 0.25) is 0 Å². The van der Waals surface area contributed by atoms with Gasteiger partial charge in [0.05, 0.1) is 0 Å². The Morgan fingerprint density at radius 1 is 1.28 bits per heavy atom. The average molecular weight is 245 g/mol. The molecule has 96 valence electrons. The van der Waals surface area contributed by atoms with Gasteiger partial charge in [-0.15, -0.1) is 0 Å². The molecule has 1 heterocycles. The number of benzene rings is 1. The zero-order valence-corrected chi connectivity index (χ0v) is 10.7.